The van der Waals surface area contributed by atoms with Crippen molar-refractivity contribution in [3.63, 3.8) is 0 Å². The van der Waals surface area contributed by atoms with E-state index in [9.17, 15) is 0 Å². The van der Waals surface area contributed by atoms with Crippen LogP contribution >= 0.6 is 15.8 Å². The summed E-state index contributed by atoms with van der Waals surface area (Å²) >= 11 is 0. The highest BCUT2D eigenvalue weighted by atomic mass is 31.1. The first kappa shape index (κ1) is 20.1. The molecule has 0 saturated heterocycles. The van der Waals surface area contributed by atoms with Crippen molar-refractivity contribution in [2.45, 2.75) is 6.42 Å². The average molecular weight is 434 g/mol. The molecule has 0 spiro atoms. The van der Waals surface area contributed by atoms with E-state index in [1.807, 2.05) is 0 Å². The Morgan fingerprint density at radius 3 is 1.16 bits per heavy atom. The van der Waals surface area contributed by atoms with Gasteiger partial charge in [-0.3, -0.25) is 0 Å². The fourth-order valence-electron chi connectivity index (χ4n) is 4.09. The monoisotopic (exact) mass is 434 g/mol. The molecule has 0 saturated carbocycles. The Kier molecular flexibility index (Phi) is 6.22. The van der Waals surface area contributed by atoms with E-state index in [4.69, 9.17) is 0 Å². The quantitative estimate of drug-likeness (QED) is 0.307. The van der Waals surface area contributed by atoms with Gasteiger partial charge in [0.1, 0.15) is 0 Å². The lowest BCUT2D eigenvalue weighted by Gasteiger charge is -2.26. The van der Waals surface area contributed by atoms with Gasteiger partial charge in [-0.1, -0.05) is 133 Å². The minimum absolute atomic E-state index is 0.571. The molecule has 31 heavy (non-hydrogen) atoms. The zero-order valence-corrected chi connectivity index (χ0v) is 19.1. The Balaban J connectivity index is 1.71. The van der Waals surface area contributed by atoms with E-state index in [-0.39, 0.29) is 0 Å². The van der Waals surface area contributed by atoms with Crippen molar-refractivity contribution in [3.8, 4) is 0 Å². The summed E-state index contributed by atoms with van der Waals surface area (Å²) in [5, 5.41) is 8.79. The van der Waals surface area contributed by atoms with Crippen LogP contribution in [-0.2, 0) is 0 Å². The molecule has 0 aromatic heterocycles. The zero-order valence-electron chi connectivity index (χ0n) is 17.3. The number of benzene rings is 4. The fourth-order valence-corrected chi connectivity index (χ4v) is 9.54. The van der Waals surface area contributed by atoms with E-state index >= 15 is 0 Å². The normalized spacial score (nSPS) is 13.4. The highest BCUT2D eigenvalue weighted by molar-refractivity contribution is 7.80. The van der Waals surface area contributed by atoms with Gasteiger partial charge in [0, 0.05) is 0 Å². The summed E-state index contributed by atoms with van der Waals surface area (Å²) in [6.45, 7) is 0. The Morgan fingerprint density at radius 1 is 0.419 bits per heavy atom. The second-order valence-electron chi connectivity index (χ2n) is 7.45. The molecule has 0 amide bonds. The van der Waals surface area contributed by atoms with Crippen LogP contribution in [0.3, 0.4) is 0 Å². The Morgan fingerprint density at radius 2 is 0.774 bits per heavy atom. The lowest BCUT2D eigenvalue weighted by Crippen LogP contribution is -2.16. The van der Waals surface area contributed by atoms with Crippen molar-refractivity contribution >= 4 is 37.1 Å². The molecule has 0 aliphatic heterocycles. The lowest BCUT2D eigenvalue weighted by atomic mass is 10.4. The molecular weight excluding hydrogens is 410 g/mol. The first-order chi connectivity index (χ1) is 15.4. The standard InChI is InChI=1S/C29H24P2/c1-5-14-24(15-6-1)30(25-16-7-2-8-17-25)28-22-13-23-29(28)31(26-18-9-3-10-19-26)27-20-11-4-12-21-27/h1-22H,23H2. The topological polar surface area (TPSA) is 0 Å². The summed E-state index contributed by atoms with van der Waals surface area (Å²) in [6.07, 6.45) is 5.80. The number of rotatable bonds is 6. The van der Waals surface area contributed by atoms with Crippen LogP contribution in [0.5, 0.6) is 0 Å². The Bertz CT molecular complexity index is 1100. The molecule has 0 fully saturated rings. The van der Waals surface area contributed by atoms with Crippen molar-refractivity contribution in [2.75, 3.05) is 0 Å². The molecule has 2 heteroatoms. The van der Waals surface area contributed by atoms with Crippen LogP contribution in [-0.4, -0.2) is 0 Å². The number of hydrogen-bond donors (Lipinski definition) is 0. The first-order valence-corrected chi connectivity index (χ1v) is 13.3. The maximum absolute atomic E-state index is 2.41. The van der Waals surface area contributed by atoms with Gasteiger partial charge in [0.15, 0.2) is 0 Å². The molecule has 0 heterocycles. The average Bonchev–Trinajstić information content (AvgIpc) is 3.31. The van der Waals surface area contributed by atoms with Gasteiger partial charge in [-0.05, 0) is 54.1 Å². The van der Waals surface area contributed by atoms with Crippen LogP contribution in [0.1, 0.15) is 6.42 Å². The van der Waals surface area contributed by atoms with Crippen molar-refractivity contribution in [3.05, 3.63) is 144 Å². The van der Waals surface area contributed by atoms with Gasteiger partial charge in [0.2, 0.25) is 0 Å². The third-order valence-electron chi connectivity index (χ3n) is 5.45. The Hall–Kier alpha value is -2.78. The van der Waals surface area contributed by atoms with Gasteiger partial charge in [-0.25, -0.2) is 0 Å². The van der Waals surface area contributed by atoms with Gasteiger partial charge in [-0.15, -0.1) is 0 Å². The number of allylic oxidation sites excluding steroid dienone is 4. The largest absolute Gasteiger partial charge is 0.0794 e. The summed E-state index contributed by atoms with van der Waals surface area (Å²) in [6, 6.07) is 44.2. The van der Waals surface area contributed by atoms with E-state index in [1.54, 1.807) is 5.31 Å². The molecule has 0 radical (unpaired) electrons. The lowest BCUT2D eigenvalue weighted by molar-refractivity contribution is 1.40. The van der Waals surface area contributed by atoms with E-state index in [0.717, 1.165) is 6.42 Å². The summed E-state index contributed by atoms with van der Waals surface area (Å²) < 4.78 is 0. The summed E-state index contributed by atoms with van der Waals surface area (Å²) in [5.41, 5.74) is 0. The van der Waals surface area contributed by atoms with Gasteiger partial charge in [0.25, 0.3) is 0 Å². The highest BCUT2D eigenvalue weighted by Crippen LogP contribution is 2.57. The third kappa shape index (κ3) is 4.33. The minimum atomic E-state index is -0.595. The number of hydrogen-bond acceptors (Lipinski definition) is 0. The minimum Gasteiger partial charge on any atom is -0.0794 e. The molecule has 150 valence electrons. The molecule has 0 N–H and O–H groups in total. The van der Waals surface area contributed by atoms with E-state index < -0.39 is 15.8 Å². The molecule has 0 nitrogen and oxygen atoms in total. The smallest absolute Gasteiger partial charge is 0.00767 e. The predicted molar refractivity (Wildman–Crippen MR) is 139 cm³/mol. The van der Waals surface area contributed by atoms with E-state index in [1.165, 1.54) is 26.5 Å². The molecule has 5 rings (SSSR count). The molecule has 0 atom stereocenters. The van der Waals surface area contributed by atoms with E-state index in [0.29, 0.717) is 0 Å². The maximum Gasteiger partial charge on any atom is -0.00767 e. The SMILES string of the molecule is C1=CC(P(c2ccccc2)c2ccccc2)=C(P(c2ccccc2)c2ccccc2)C1. The first-order valence-electron chi connectivity index (χ1n) is 10.6. The second-order valence-corrected chi connectivity index (χ2v) is 11.9. The van der Waals surface area contributed by atoms with Crippen LogP contribution in [0.25, 0.3) is 0 Å². The van der Waals surface area contributed by atoms with Crippen LogP contribution in [0, 0.1) is 0 Å². The van der Waals surface area contributed by atoms with Crippen LogP contribution in [0.2, 0.25) is 0 Å². The van der Waals surface area contributed by atoms with Crippen molar-refractivity contribution in [1.29, 1.82) is 0 Å². The predicted octanol–water partition coefficient (Wildman–Crippen LogP) is 6.42. The summed E-state index contributed by atoms with van der Waals surface area (Å²) in [7, 11) is -1.17. The van der Waals surface area contributed by atoms with Crippen molar-refractivity contribution in [1.82, 2.24) is 0 Å². The molecule has 4 aromatic rings. The molecule has 0 bridgehead atoms. The summed E-state index contributed by atoms with van der Waals surface area (Å²) in [4.78, 5) is 0. The molecular formula is C29H24P2. The van der Waals surface area contributed by atoms with Crippen LogP contribution < -0.4 is 21.2 Å². The second kappa shape index (κ2) is 9.57. The van der Waals surface area contributed by atoms with Gasteiger partial charge < -0.3 is 0 Å². The van der Waals surface area contributed by atoms with Crippen LogP contribution in [0.15, 0.2) is 144 Å². The highest BCUT2D eigenvalue weighted by Gasteiger charge is 2.28. The Labute approximate surface area is 187 Å². The molecule has 4 aromatic carbocycles. The fraction of sp³-hybridized carbons (Fsp3) is 0.0345. The summed E-state index contributed by atoms with van der Waals surface area (Å²) in [5.74, 6) is 0. The van der Waals surface area contributed by atoms with E-state index in [2.05, 4.69) is 133 Å². The zero-order chi connectivity index (χ0) is 20.9. The third-order valence-corrected chi connectivity index (χ3v) is 10.7. The van der Waals surface area contributed by atoms with Gasteiger partial charge in [-0.2, -0.15) is 0 Å². The van der Waals surface area contributed by atoms with Crippen molar-refractivity contribution < 1.29 is 0 Å². The molecule has 0 unspecified atom stereocenters. The molecule has 1 aliphatic carbocycles. The van der Waals surface area contributed by atoms with Crippen molar-refractivity contribution in [2.24, 2.45) is 0 Å². The maximum atomic E-state index is 2.41. The molecule has 1 aliphatic rings. The van der Waals surface area contributed by atoms with Gasteiger partial charge in [0.05, 0.1) is 0 Å². The van der Waals surface area contributed by atoms with Crippen LogP contribution in [0.4, 0.5) is 0 Å². The van der Waals surface area contributed by atoms with Gasteiger partial charge >= 0.3 is 0 Å².